The van der Waals surface area contributed by atoms with E-state index in [1.807, 2.05) is 0 Å². The first-order valence-electron chi connectivity index (χ1n) is 7.67. The molecular formula is C16H18F3N3O5. The minimum Gasteiger partial charge on any atom is -0.451 e. The number of hydrogen-bond acceptors (Lipinski definition) is 5. The topological polar surface area (TPSA) is 128 Å². The maximum absolute atomic E-state index is 12.5. The lowest BCUT2D eigenvalue weighted by molar-refractivity contribution is -0.157. The quantitative estimate of drug-likeness (QED) is 0.630. The molecule has 0 radical (unpaired) electrons. The van der Waals surface area contributed by atoms with Gasteiger partial charge in [0.2, 0.25) is 0 Å². The third-order valence-electron chi connectivity index (χ3n) is 3.24. The molecule has 0 aliphatic heterocycles. The van der Waals surface area contributed by atoms with E-state index < -0.39 is 54.1 Å². The second-order valence-electron chi connectivity index (χ2n) is 5.77. The summed E-state index contributed by atoms with van der Waals surface area (Å²) in [5.41, 5.74) is 3.81. The molecule has 8 nitrogen and oxygen atoms in total. The van der Waals surface area contributed by atoms with E-state index in [9.17, 15) is 32.3 Å². The second-order valence-corrected chi connectivity index (χ2v) is 5.77. The number of imide groups is 1. The Hall–Kier alpha value is -3.11. The molecule has 0 aliphatic carbocycles. The smallest absolute Gasteiger partial charge is 0.416 e. The number of carbonyl (C=O) groups is 4. The van der Waals surface area contributed by atoms with Gasteiger partial charge in [0.05, 0.1) is 5.56 Å². The maximum Gasteiger partial charge on any atom is 0.416 e. The third-order valence-corrected chi connectivity index (χ3v) is 3.24. The summed E-state index contributed by atoms with van der Waals surface area (Å²) in [6, 6.07) is 2.27. The molecule has 0 aliphatic rings. The molecule has 0 aromatic heterocycles. The first-order chi connectivity index (χ1) is 12.4. The number of esters is 1. The Labute approximate surface area is 152 Å². The first-order valence-corrected chi connectivity index (χ1v) is 7.67. The third kappa shape index (κ3) is 6.96. The van der Waals surface area contributed by atoms with Gasteiger partial charge in [-0.2, -0.15) is 13.2 Å². The number of benzene rings is 1. The van der Waals surface area contributed by atoms with Crippen molar-refractivity contribution in [3.05, 3.63) is 35.4 Å². The van der Waals surface area contributed by atoms with E-state index in [4.69, 9.17) is 10.5 Å². The van der Waals surface area contributed by atoms with Crippen molar-refractivity contribution in [3.63, 3.8) is 0 Å². The molecule has 1 aromatic rings. The van der Waals surface area contributed by atoms with Crippen LogP contribution in [0.3, 0.4) is 0 Å². The number of amides is 4. The van der Waals surface area contributed by atoms with Gasteiger partial charge in [-0.05, 0) is 30.2 Å². The van der Waals surface area contributed by atoms with Crippen LogP contribution in [0.5, 0.6) is 0 Å². The number of hydrogen-bond donors (Lipinski definition) is 3. The zero-order chi connectivity index (χ0) is 20.8. The number of alkyl halides is 3. The van der Waals surface area contributed by atoms with Crippen molar-refractivity contribution in [3.8, 4) is 0 Å². The summed E-state index contributed by atoms with van der Waals surface area (Å²) in [5, 5.41) is 3.94. The molecule has 0 bridgehead atoms. The Morgan fingerprint density at radius 1 is 1.11 bits per heavy atom. The first kappa shape index (κ1) is 21.9. The van der Waals surface area contributed by atoms with Gasteiger partial charge in [-0.15, -0.1) is 0 Å². The molecule has 0 heterocycles. The van der Waals surface area contributed by atoms with Gasteiger partial charge in [-0.3, -0.25) is 19.7 Å². The van der Waals surface area contributed by atoms with Gasteiger partial charge in [0.25, 0.3) is 11.8 Å². The van der Waals surface area contributed by atoms with Crippen LogP contribution >= 0.6 is 0 Å². The average molecular weight is 389 g/mol. The van der Waals surface area contributed by atoms with Gasteiger partial charge in [-0.25, -0.2) is 4.79 Å². The summed E-state index contributed by atoms with van der Waals surface area (Å²) in [6.45, 7) is 2.48. The van der Waals surface area contributed by atoms with Gasteiger partial charge in [-0.1, -0.05) is 13.8 Å². The zero-order valence-electron chi connectivity index (χ0n) is 14.4. The second kappa shape index (κ2) is 9.01. The molecule has 1 rings (SSSR count). The molecule has 148 valence electrons. The van der Waals surface area contributed by atoms with Crippen LogP contribution in [-0.2, 0) is 20.5 Å². The molecule has 0 saturated heterocycles. The van der Waals surface area contributed by atoms with E-state index in [1.165, 1.54) is 0 Å². The van der Waals surface area contributed by atoms with Crippen molar-refractivity contribution >= 4 is 23.8 Å². The SMILES string of the molecule is CC(C)[C@H](OC(=O)CNC(=O)c1ccc(C(F)(F)F)cc1)C(=O)NC(N)=O. The largest absolute Gasteiger partial charge is 0.451 e. The van der Waals surface area contributed by atoms with E-state index in [-0.39, 0.29) is 5.56 Å². The van der Waals surface area contributed by atoms with Crippen molar-refractivity contribution in [2.24, 2.45) is 11.7 Å². The van der Waals surface area contributed by atoms with Crippen molar-refractivity contribution in [1.82, 2.24) is 10.6 Å². The molecule has 0 fully saturated rings. The molecule has 11 heteroatoms. The lowest BCUT2D eigenvalue weighted by Crippen LogP contribution is -2.46. The van der Waals surface area contributed by atoms with Crippen molar-refractivity contribution in [2.75, 3.05) is 6.54 Å². The lowest BCUT2D eigenvalue weighted by atomic mass is 10.1. The van der Waals surface area contributed by atoms with Crippen LogP contribution in [0, 0.1) is 5.92 Å². The molecule has 0 saturated carbocycles. The number of rotatable bonds is 6. The highest BCUT2D eigenvalue weighted by Gasteiger charge is 2.30. The highest BCUT2D eigenvalue weighted by atomic mass is 19.4. The number of ether oxygens (including phenoxy) is 1. The van der Waals surface area contributed by atoms with E-state index >= 15 is 0 Å². The van der Waals surface area contributed by atoms with Crippen molar-refractivity contribution in [2.45, 2.75) is 26.1 Å². The zero-order valence-corrected chi connectivity index (χ0v) is 14.4. The van der Waals surface area contributed by atoms with Crippen molar-refractivity contribution in [1.29, 1.82) is 0 Å². The summed E-state index contributed by atoms with van der Waals surface area (Å²) in [4.78, 5) is 46.1. The Morgan fingerprint density at radius 3 is 2.11 bits per heavy atom. The standard InChI is InChI=1S/C16H18F3N3O5/c1-8(2)12(14(25)22-15(20)26)27-11(23)7-21-13(24)9-3-5-10(6-4-9)16(17,18)19/h3-6,8,12H,7H2,1-2H3,(H,21,24)(H3,20,22,25,26)/t12-/m0/s1. The normalized spacial score (nSPS) is 12.2. The minimum absolute atomic E-state index is 0.0947. The highest BCUT2D eigenvalue weighted by Crippen LogP contribution is 2.29. The molecule has 27 heavy (non-hydrogen) atoms. The number of nitrogens with one attached hydrogen (secondary N) is 2. The summed E-state index contributed by atoms with van der Waals surface area (Å²) < 4.78 is 42.3. The van der Waals surface area contributed by atoms with Gasteiger partial charge in [0, 0.05) is 5.56 Å². The fourth-order valence-electron chi connectivity index (χ4n) is 1.93. The van der Waals surface area contributed by atoms with Crippen LogP contribution in [0.1, 0.15) is 29.8 Å². The van der Waals surface area contributed by atoms with E-state index in [2.05, 4.69) is 5.32 Å². The average Bonchev–Trinajstić information content (AvgIpc) is 2.55. The number of nitrogens with two attached hydrogens (primary N) is 1. The molecule has 4 amide bonds. The van der Waals surface area contributed by atoms with Crippen LogP contribution in [-0.4, -0.2) is 36.5 Å². The lowest BCUT2D eigenvalue weighted by Gasteiger charge is -2.19. The van der Waals surface area contributed by atoms with E-state index in [1.54, 1.807) is 19.2 Å². The molecule has 0 spiro atoms. The van der Waals surface area contributed by atoms with Gasteiger partial charge >= 0.3 is 18.2 Å². The Morgan fingerprint density at radius 2 is 1.67 bits per heavy atom. The fourth-order valence-corrected chi connectivity index (χ4v) is 1.93. The molecule has 4 N–H and O–H groups in total. The van der Waals surface area contributed by atoms with E-state index in [0.29, 0.717) is 0 Å². The van der Waals surface area contributed by atoms with Crippen molar-refractivity contribution < 1.29 is 37.1 Å². The number of primary amides is 1. The summed E-state index contributed by atoms with van der Waals surface area (Å²) >= 11 is 0. The van der Waals surface area contributed by atoms with Crippen LogP contribution in [0.2, 0.25) is 0 Å². The molecule has 1 atom stereocenters. The number of halogens is 3. The van der Waals surface area contributed by atoms with Crippen LogP contribution in [0.4, 0.5) is 18.0 Å². The van der Waals surface area contributed by atoms with Crippen LogP contribution in [0.15, 0.2) is 24.3 Å². The molecule has 1 aromatic carbocycles. The summed E-state index contributed by atoms with van der Waals surface area (Å²) in [7, 11) is 0. The predicted molar refractivity (Wildman–Crippen MR) is 86.2 cm³/mol. The Bertz CT molecular complexity index is 717. The monoisotopic (exact) mass is 389 g/mol. The summed E-state index contributed by atoms with van der Waals surface area (Å²) in [6.07, 6.45) is -5.84. The molecular weight excluding hydrogens is 371 g/mol. The Kier molecular flexibility index (Phi) is 7.32. The van der Waals surface area contributed by atoms with Gasteiger partial charge in [0.15, 0.2) is 6.10 Å². The minimum atomic E-state index is -4.53. The van der Waals surface area contributed by atoms with Crippen LogP contribution in [0.25, 0.3) is 0 Å². The number of urea groups is 1. The van der Waals surface area contributed by atoms with E-state index in [0.717, 1.165) is 24.3 Å². The summed E-state index contributed by atoms with van der Waals surface area (Å²) in [5.74, 6) is -3.18. The van der Waals surface area contributed by atoms with Crippen LogP contribution < -0.4 is 16.4 Å². The Balaban J connectivity index is 2.63. The maximum atomic E-state index is 12.5. The molecule has 0 unspecified atom stereocenters. The van der Waals surface area contributed by atoms with Gasteiger partial charge in [0.1, 0.15) is 6.54 Å². The predicted octanol–water partition coefficient (Wildman–Crippen LogP) is 1.20. The highest BCUT2D eigenvalue weighted by molar-refractivity contribution is 5.98. The van der Waals surface area contributed by atoms with Gasteiger partial charge < -0.3 is 15.8 Å². The fraction of sp³-hybridized carbons (Fsp3) is 0.375. The number of carbonyl (C=O) groups excluding carboxylic acids is 4.